The third kappa shape index (κ3) is 2.36. The van der Waals surface area contributed by atoms with Gasteiger partial charge in [-0.15, -0.1) is 0 Å². The van der Waals surface area contributed by atoms with E-state index in [0.717, 1.165) is 23.5 Å². The van der Waals surface area contributed by atoms with E-state index in [1.165, 1.54) is 0 Å². The number of hydrogen-bond acceptors (Lipinski definition) is 1. The van der Waals surface area contributed by atoms with Crippen molar-refractivity contribution in [2.75, 3.05) is 0 Å². The Balaban J connectivity index is 2.44. The van der Waals surface area contributed by atoms with Gasteiger partial charge in [0, 0.05) is 22.0 Å². The van der Waals surface area contributed by atoms with Gasteiger partial charge in [-0.25, -0.2) is 0 Å². The molecule has 1 nitrogen and oxygen atoms in total. The van der Waals surface area contributed by atoms with Crippen LogP contribution in [0, 0.1) is 0 Å². The molecule has 0 amide bonds. The third-order valence-electron chi connectivity index (χ3n) is 2.16. The Bertz CT molecular complexity index is 454. The molecule has 1 heterocycles. The summed E-state index contributed by atoms with van der Waals surface area (Å²) in [5, 5.41) is 1.24. The van der Waals surface area contributed by atoms with Gasteiger partial charge in [-0.05, 0) is 30.3 Å². The molecule has 78 valence electrons. The molecule has 0 spiro atoms. The quantitative estimate of drug-likeness (QED) is 0.734. The van der Waals surface area contributed by atoms with Gasteiger partial charge < -0.3 is 4.42 Å². The van der Waals surface area contributed by atoms with Crippen LogP contribution in [0.1, 0.15) is 12.7 Å². The van der Waals surface area contributed by atoms with Gasteiger partial charge >= 0.3 is 0 Å². The second-order valence-electron chi connectivity index (χ2n) is 3.28. The molecule has 0 fully saturated rings. The molecule has 2 rings (SSSR count). The van der Waals surface area contributed by atoms with Crippen molar-refractivity contribution in [3.8, 4) is 11.3 Å². The summed E-state index contributed by atoms with van der Waals surface area (Å²) >= 11 is 11.8. The molecular formula is C12H10Cl2O. The highest BCUT2D eigenvalue weighted by molar-refractivity contribution is 6.35. The number of rotatable bonds is 2. The summed E-state index contributed by atoms with van der Waals surface area (Å²) in [5.41, 5.74) is 0.909. The fraction of sp³-hybridized carbons (Fsp3) is 0.167. The normalized spacial score (nSPS) is 10.6. The predicted octanol–water partition coefficient (Wildman–Crippen LogP) is 4.82. The van der Waals surface area contributed by atoms with Crippen LogP contribution in [-0.2, 0) is 6.42 Å². The molecule has 1 aromatic carbocycles. The number of furan rings is 1. The summed E-state index contributed by atoms with van der Waals surface area (Å²) in [6, 6.07) is 9.28. The number of benzene rings is 1. The molecule has 0 bridgehead atoms. The van der Waals surface area contributed by atoms with Crippen LogP contribution in [0.25, 0.3) is 11.3 Å². The van der Waals surface area contributed by atoms with E-state index < -0.39 is 0 Å². The van der Waals surface area contributed by atoms with E-state index in [2.05, 4.69) is 0 Å². The lowest BCUT2D eigenvalue weighted by atomic mass is 10.2. The molecule has 0 radical (unpaired) electrons. The summed E-state index contributed by atoms with van der Waals surface area (Å²) in [7, 11) is 0. The minimum Gasteiger partial charge on any atom is -0.461 e. The van der Waals surface area contributed by atoms with Gasteiger partial charge in [-0.2, -0.15) is 0 Å². The molecule has 0 saturated heterocycles. The van der Waals surface area contributed by atoms with E-state index in [0.29, 0.717) is 10.0 Å². The summed E-state index contributed by atoms with van der Waals surface area (Å²) in [5.74, 6) is 1.76. The van der Waals surface area contributed by atoms with Crippen molar-refractivity contribution in [2.24, 2.45) is 0 Å². The Morgan fingerprint density at radius 3 is 2.27 bits per heavy atom. The van der Waals surface area contributed by atoms with E-state index in [4.69, 9.17) is 27.6 Å². The van der Waals surface area contributed by atoms with Gasteiger partial charge in [0.1, 0.15) is 11.5 Å². The molecule has 0 aliphatic carbocycles. The van der Waals surface area contributed by atoms with Gasteiger partial charge in [0.05, 0.1) is 0 Å². The summed E-state index contributed by atoms with van der Waals surface area (Å²) in [4.78, 5) is 0. The highest BCUT2D eigenvalue weighted by Crippen LogP contribution is 2.28. The molecule has 0 unspecified atom stereocenters. The molecule has 1 aromatic heterocycles. The molecule has 0 N–H and O–H groups in total. The van der Waals surface area contributed by atoms with Gasteiger partial charge in [0.15, 0.2) is 0 Å². The zero-order chi connectivity index (χ0) is 10.8. The summed E-state index contributed by atoms with van der Waals surface area (Å²) in [6.07, 6.45) is 0.883. The van der Waals surface area contributed by atoms with Crippen molar-refractivity contribution in [1.82, 2.24) is 0 Å². The SMILES string of the molecule is CCc1ccc(-c2cc(Cl)cc(Cl)c2)o1. The molecule has 0 aliphatic rings. The number of hydrogen-bond donors (Lipinski definition) is 0. The van der Waals surface area contributed by atoms with E-state index in [-0.39, 0.29) is 0 Å². The maximum absolute atomic E-state index is 5.91. The summed E-state index contributed by atoms with van der Waals surface area (Å²) in [6.45, 7) is 2.05. The van der Waals surface area contributed by atoms with Crippen LogP contribution in [0.2, 0.25) is 10.0 Å². The van der Waals surface area contributed by atoms with Crippen molar-refractivity contribution in [1.29, 1.82) is 0 Å². The minimum atomic E-state index is 0.618. The van der Waals surface area contributed by atoms with Gasteiger partial charge in [-0.3, -0.25) is 0 Å². The molecule has 2 aromatic rings. The lowest BCUT2D eigenvalue weighted by molar-refractivity contribution is 0.529. The number of halogens is 2. The fourth-order valence-corrected chi connectivity index (χ4v) is 1.95. The first kappa shape index (κ1) is 10.6. The van der Waals surface area contributed by atoms with Crippen molar-refractivity contribution in [2.45, 2.75) is 13.3 Å². The van der Waals surface area contributed by atoms with Crippen LogP contribution in [0.15, 0.2) is 34.7 Å². The van der Waals surface area contributed by atoms with Crippen LogP contribution < -0.4 is 0 Å². The van der Waals surface area contributed by atoms with Gasteiger partial charge in [-0.1, -0.05) is 30.1 Å². The first-order valence-electron chi connectivity index (χ1n) is 4.74. The predicted molar refractivity (Wildman–Crippen MR) is 63.5 cm³/mol. The van der Waals surface area contributed by atoms with Gasteiger partial charge in [0.2, 0.25) is 0 Å². The van der Waals surface area contributed by atoms with E-state index >= 15 is 0 Å². The maximum atomic E-state index is 5.91. The first-order valence-corrected chi connectivity index (χ1v) is 5.50. The maximum Gasteiger partial charge on any atom is 0.134 e. The largest absolute Gasteiger partial charge is 0.461 e. The number of aryl methyl sites for hydroxylation is 1. The lowest BCUT2D eigenvalue weighted by Crippen LogP contribution is -1.75. The van der Waals surface area contributed by atoms with E-state index in [1.807, 2.05) is 31.2 Å². The Morgan fingerprint density at radius 2 is 1.73 bits per heavy atom. The topological polar surface area (TPSA) is 13.1 Å². The molecule has 0 saturated carbocycles. The van der Waals surface area contributed by atoms with Crippen LogP contribution >= 0.6 is 23.2 Å². The highest BCUT2D eigenvalue weighted by Gasteiger charge is 2.05. The average Bonchev–Trinajstić information content (AvgIpc) is 2.64. The van der Waals surface area contributed by atoms with Crippen LogP contribution in [0.4, 0.5) is 0 Å². The zero-order valence-corrected chi connectivity index (χ0v) is 9.77. The Morgan fingerprint density at radius 1 is 1.07 bits per heavy atom. The Kier molecular flexibility index (Phi) is 3.03. The third-order valence-corrected chi connectivity index (χ3v) is 2.59. The first-order chi connectivity index (χ1) is 7.19. The highest BCUT2D eigenvalue weighted by atomic mass is 35.5. The zero-order valence-electron chi connectivity index (χ0n) is 8.26. The van der Waals surface area contributed by atoms with Crippen molar-refractivity contribution < 1.29 is 4.42 Å². The minimum absolute atomic E-state index is 0.618. The Labute approximate surface area is 98.6 Å². The monoisotopic (exact) mass is 240 g/mol. The van der Waals surface area contributed by atoms with Crippen LogP contribution in [0.3, 0.4) is 0 Å². The smallest absolute Gasteiger partial charge is 0.134 e. The molecular weight excluding hydrogens is 231 g/mol. The molecule has 3 heteroatoms. The molecule has 15 heavy (non-hydrogen) atoms. The van der Waals surface area contributed by atoms with Crippen LogP contribution in [-0.4, -0.2) is 0 Å². The standard InChI is InChI=1S/C12H10Cl2O/c1-2-11-3-4-12(15-11)8-5-9(13)7-10(14)6-8/h3-7H,2H2,1H3. The second kappa shape index (κ2) is 4.30. The summed E-state index contributed by atoms with van der Waals surface area (Å²) < 4.78 is 5.61. The lowest BCUT2D eigenvalue weighted by Gasteiger charge is -1.99. The second-order valence-corrected chi connectivity index (χ2v) is 4.15. The van der Waals surface area contributed by atoms with Gasteiger partial charge in [0.25, 0.3) is 0 Å². The van der Waals surface area contributed by atoms with E-state index in [1.54, 1.807) is 6.07 Å². The van der Waals surface area contributed by atoms with Crippen molar-refractivity contribution >= 4 is 23.2 Å². The average molecular weight is 241 g/mol. The van der Waals surface area contributed by atoms with Crippen LogP contribution in [0.5, 0.6) is 0 Å². The molecule has 0 atom stereocenters. The Hall–Kier alpha value is -0.920. The van der Waals surface area contributed by atoms with Crippen molar-refractivity contribution in [3.05, 3.63) is 46.1 Å². The van der Waals surface area contributed by atoms with Crippen molar-refractivity contribution in [3.63, 3.8) is 0 Å². The molecule has 0 aliphatic heterocycles. The van der Waals surface area contributed by atoms with E-state index in [9.17, 15) is 0 Å². The fourth-order valence-electron chi connectivity index (χ4n) is 1.42.